The fourth-order valence-electron chi connectivity index (χ4n) is 7.60. The Morgan fingerprint density at radius 3 is 1.42 bits per heavy atom. The standard InChI is InChI=1S/C48H30N2/c1-2-10-32(11-3-1)44-28-24-34-22-23-35-25-29-45(50-48(35)47(34)49-44)43-27-26-38(41-16-8-9-17-42(41)43)31-18-20-33(21-19-31)46-39-14-6-4-12-36(39)30-37-13-5-7-15-40(37)46/h1-30H. The highest BCUT2D eigenvalue weighted by molar-refractivity contribution is 6.13. The molecule has 2 aromatic heterocycles. The lowest BCUT2D eigenvalue weighted by molar-refractivity contribution is 1.37. The predicted molar refractivity (Wildman–Crippen MR) is 211 cm³/mol. The lowest BCUT2D eigenvalue weighted by Crippen LogP contribution is -1.92. The molecule has 0 saturated carbocycles. The SMILES string of the molecule is c1ccc(-c2ccc3ccc4ccc(-c5ccc(-c6ccc(-c7c8ccccc8cc8ccccc78)cc6)c6ccccc56)nc4c3n2)cc1. The molecule has 232 valence electrons. The summed E-state index contributed by atoms with van der Waals surface area (Å²) in [5, 5.41) is 9.62. The van der Waals surface area contributed by atoms with Gasteiger partial charge in [0.1, 0.15) is 0 Å². The number of benzene rings is 8. The normalized spacial score (nSPS) is 11.6. The van der Waals surface area contributed by atoms with E-state index >= 15 is 0 Å². The van der Waals surface area contributed by atoms with Crippen LogP contribution >= 0.6 is 0 Å². The van der Waals surface area contributed by atoms with Gasteiger partial charge in [-0.3, -0.25) is 0 Å². The summed E-state index contributed by atoms with van der Waals surface area (Å²) >= 11 is 0. The molecule has 10 rings (SSSR count). The van der Waals surface area contributed by atoms with Crippen LogP contribution in [0.4, 0.5) is 0 Å². The van der Waals surface area contributed by atoms with Gasteiger partial charge in [-0.25, -0.2) is 9.97 Å². The van der Waals surface area contributed by atoms with Gasteiger partial charge in [-0.2, -0.15) is 0 Å². The van der Waals surface area contributed by atoms with E-state index in [1.54, 1.807) is 0 Å². The molecular formula is C48H30N2. The van der Waals surface area contributed by atoms with Crippen molar-refractivity contribution in [1.82, 2.24) is 9.97 Å². The predicted octanol–water partition coefficient (Wildman–Crippen LogP) is 12.9. The highest BCUT2D eigenvalue weighted by Crippen LogP contribution is 2.40. The number of nitrogens with zero attached hydrogens (tertiary/aromatic N) is 2. The van der Waals surface area contributed by atoms with Crippen molar-refractivity contribution in [1.29, 1.82) is 0 Å². The van der Waals surface area contributed by atoms with Crippen molar-refractivity contribution in [3.05, 3.63) is 182 Å². The minimum absolute atomic E-state index is 0.919. The quantitative estimate of drug-likeness (QED) is 0.142. The lowest BCUT2D eigenvalue weighted by atomic mass is 9.90. The number of hydrogen-bond acceptors (Lipinski definition) is 2. The third kappa shape index (κ3) is 4.65. The highest BCUT2D eigenvalue weighted by Gasteiger charge is 2.14. The first-order chi connectivity index (χ1) is 24.8. The van der Waals surface area contributed by atoms with Gasteiger partial charge in [-0.15, -0.1) is 0 Å². The number of aromatic nitrogens is 2. The fourth-order valence-corrected chi connectivity index (χ4v) is 7.60. The van der Waals surface area contributed by atoms with Crippen LogP contribution in [0.5, 0.6) is 0 Å². The Labute approximate surface area is 290 Å². The van der Waals surface area contributed by atoms with Crippen molar-refractivity contribution in [2.75, 3.05) is 0 Å². The zero-order valence-corrected chi connectivity index (χ0v) is 27.2. The van der Waals surface area contributed by atoms with Crippen LogP contribution in [-0.4, -0.2) is 9.97 Å². The van der Waals surface area contributed by atoms with E-state index in [9.17, 15) is 0 Å². The molecule has 0 saturated heterocycles. The summed E-state index contributed by atoms with van der Waals surface area (Å²) < 4.78 is 0. The van der Waals surface area contributed by atoms with Crippen LogP contribution < -0.4 is 0 Å². The molecule has 0 spiro atoms. The van der Waals surface area contributed by atoms with Crippen LogP contribution in [0.3, 0.4) is 0 Å². The van der Waals surface area contributed by atoms with Gasteiger partial charge >= 0.3 is 0 Å². The Morgan fingerprint density at radius 2 is 0.760 bits per heavy atom. The smallest absolute Gasteiger partial charge is 0.0972 e. The third-order valence-corrected chi connectivity index (χ3v) is 10.0. The average Bonchev–Trinajstić information content (AvgIpc) is 3.19. The van der Waals surface area contributed by atoms with Gasteiger partial charge in [-0.1, -0.05) is 164 Å². The van der Waals surface area contributed by atoms with Gasteiger partial charge in [-0.05, 0) is 72.8 Å². The van der Waals surface area contributed by atoms with Crippen LogP contribution in [0.15, 0.2) is 182 Å². The minimum atomic E-state index is 0.919. The van der Waals surface area contributed by atoms with Crippen molar-refractivity contribution in [2.24, 2.45) is 0 Å². The summed E-state index contributed by atoms with van der Waals surface area (Å²) in [7, 11) is 0. The maximum absolute atomic E-state index is 5.29. The fraction of sp³-hybridized carbons (Fsp3) is 0. The molecule has 2 heteroatoms. The largest absolute Gasteiger partial charge is 0.245 e. The average molecular weight is 635 g/mol. The van der Waals surface area contributed by atoms with Crippen LogP contribution in [0.25, 0.3) is 98.9 Å². The first kappa shape index (κ1) is 28.4. The van der Waals surface area contributed by atoms with Gasteiger partial charge in [0.05, 0.1) is 22.4 Å². The maximum atomic E-state index is 5.29. The molecule has 2 heterocycles. The Hall–Kier alpha value is -6.64. The number of fused-ring (bicyclic) bond motifs is 6. The minimum Gasteiger partial charge on any atom is -0.245 e. The molecule has 10 aromatic rings. The molecule has 0 aliphatic heterocycles. The van der Waals surface area contributed by atoms with Crippen molar-refractivity contribution in [3.8, 4) is 44.8 Å². The molecule has 50 heavy (non-hydrogen) atoms. The molecule has 0 amide bonds. The zero-order valence-electron chi connectivity index (χ0n) is 27.2. The second-order valence-electron chi connectivity index (χ2n) is 12.9. The third-order valence-electron chi connectivity index (χ3n) is 10.0. The van der Waals surface area contributed by atoms with Gasteiger partial charge in [0, 0.05) is 21.9 Å². The monoisotopic (exact) mass is 634 g/mol. The van der Waals surface area contributed by atoms with Crippen LogP contribution in [-0.2, 0) is 0 Å². The van der Waals surface area contributed by atoms with E-state index in [4.69, 9.17) is 9.97 Å². The summed E-state index contributed by atoms with van der Waals surface area (Å²) in [5.41, 5.74) is 10.8. The molecule has 0 bridgehead atoms. The van der Waals surface area contributed by atoms with Crippen molar-refractivity contribution < 1.29 is 0 Å². The van der Waals surface area contributed by atoms with E-state index in [2.05, 4.69) is 176 Å². The molecule has 0 aliphatic rings. The highest BCUT2D eigenvalue weighted by atomic mass is 14.8. The zero-order chi connectivity index (χ0) is 33.0. The molecule has 2 nitrogen and oxygen atoms in total. The Balaban J connectivity index is 1.09. The summed E-state index contributed by atoms with van der Waals surface area (Å²) in [6.45, 7) is 0. The second-order valence-corrected chi connectivity index (χ2v) is 12.9. The van der Waals surface area contributed by atoms with Gasteiger partial charge in [0.2, 0.25) is 0 Å². The van der Waals surface area contributed by atoms with Crippen molar-refractivity contribution in [3.63, 3.8) is 0 Å². The van der Waals surface area contributed by atoms with Gasteiger partial charge in [0.15, 0.2) is 0 Å². The van der Waals surface area contributed by atoms with Crippen LogP contribution in [0.1, 0.15) is 0 Å². The van der Waals surface area contributed by atoms with E-state index in [0.717, 1.165) is 44.3 Å². The first-order valence-electron chi connectivity index (χ1n) is 17.1. The summed E-state index contributed by atoms with van der Waals surface area (Å²) in [5.74, 6) is 0. The molecule has 0 unspecified atom stereocenters. The molecule has 8 aromatic carbocycles. The van der Waals surface area contributed by atoms with Crippen molar-refractivity contribution in [2.45, 2.75) is 0 Å². The molecular weight excluding hydrogens is 605 g/mol. The topological polar surface area (TPSA) is 25.8 Å². The van der Waals surface area contributed by atoms with Crippen LogP contribution in [0, 0.1) is 0 Å². The van der Waals surface area contributed by atoms with Crippen molar-refractivity contribution >= 4 is 54.1 Å². The molecule has 0 atom stereocenters. The Bertz CT molecular complexity index is 2850. The summed E-state index contributed by atoms with van der Waals surface area (Å²) in [4.78, 5) is 10.4. The maximum Gasteiger partial charge on any atom is 0.0972 e. The Kier molecular flexibility index (Phi) is 6.53. The molecule has 0 aliphatic carbocycles. The molecule has 0 fully saturated rings. The van der Waals surface area contributed by atoms with E-state index in [1.807, 2.05) is 6.07 Å². The summed E-state index contributed by atoms with van der Waals surface area (Å²) in [6, 6.07) is 65.1. The second kappa shape index (κ2) is 11.5. The lowest BCUT2D eigenvalue weighted by Gasteiger charge is -2.14. The number of rotatable bonds is 4. The molecule has 0 radical (unpaired) electrons. The van der Waals surface area contributed by atoms with E-state index < -0.39 is 0 Å². The van der Waals surface area contributed by atoms with E-state index in [0.29, 0.717) is 0 Å². The van der Waals surface area contributed by atoms with Crippen LogP contribution in [0.2, 0.25) is 0 Å². The Morgan fingerprint density at radius 1 is 0.280 bits per heavy atom. The van der Waals surface area contributed by atoms with E-state index in [1.165, 1.54) is 54.6 Å². The summed E-state index contributed by atoms with van der Waals surface area (Å²) in [6.07, 6.45) is 0. The number of pyridine rings is 2. The van der Waals surface area contributed by atoms with Gasteiger partial charge < -0.3 is 0 Å². The number of hydrogen-bond donors (Lipinski definition) is 0. The first-order valence-corrected chi connectivity index (χ1v) is 17.1. The molecule has 0 N–H and O–H groups in total. The van der Waals surface area contributed by atoms with E-state index in [-0.39, 0.29) is 0 Å². The van der Waals surface area contributed by atoms with Gasteiger partial charge in [0.25, 0.3) is 0 Å².